The lowest BCUT2D eigenvalue weighted by Crippen LogP contribution is -2.41. The maximum absolute atomic E-state index is 6.00. The van der Waals surface area contributed by atoms with Gasteiger partial charge in [0.2, 0.25) is 0 Å². The lowest BCUT2D eigenvalue weighted by Gasteiger charge is -2.32. The first-order valence-corrected chi connectivity index (χ1v) is 6.34. The molecule has 1 aliphatic heterocycles. The summed E-state index contributed by atoms with van der Waals surface area (Å²) in [4.78, 5) is 0. The molecule has 3 heteroatoms. The molecule has 0 unspecified atom stereocenters. The maximum Gasteiger partial charge on any atom is 0.494 e. The van der Waals surface area contributed by atoms with Crippen molar-refractivity contribution < 1.29 is 9.31 Å². The van der Waals surface area contributed by atoms with Gasteiger partial charge < -0.3 is 9.31 Å². The van der Waals surface area contributed by atoms with Crippen LogP contribution in [-0.2, 0) is 9.31 Å². The monoisotopic (exact) mass is 244 g/mol. The highest BCUT2D eigenvalue weighted by Crippen LogP contribution is 2.40. The molecule has 0 N–H and O–H groups in total. The molecule has 0 radical (unpaired) electrons. The molecule has 1 saturated heterocycles. The van der Waals surface area contributed by atoms with Crippen LogP contribution in [0.25, 0.3) is 5.47 Å². The number of aryl methyl sites for hydroxylation is 1. The molecule has 0 atom stereocenters. The Labute approximate surface area is 110 Å². The third kappa shape index (κ3) is 2.25. The molecule has 1 aliphatic rings. The van der Waals surface area contributed by atoms with E-state index in [4.69, 9.17) is 9.31 Å². The predicted molar refractivity (Wildman–Crippen MR) is 76.3 cm³/mol. The first-order chi connectivity index (χ1) is 8.23. The molecule has 0 amide bonds. The van der Waals surface area contributed by atoms with E-state index in [9.17, 15) is 0 Å². The highest BCUT2D eigenvalue weighted by atomic mass is 16.7. The zero-order valence-corrected chi connectivity index (χ0v) is 11.9. The van der Waals surface area contributed by atoms with Gasteiger partial charge in [-0.25, -0.2) is 0 Å². The molecule has 2 nitrogen and oxygen atoms in total. The van der Waals surface area contributed by atoms with Gasteiger partial charge in [-0.2, -0.15) is 0 Å². The van der Waals surface area contributed by atoms with Gasteiger partial charge in [-0.05, 0) is 45.7 Å². The molecule has 0 aliphatic carbocycles. The van der Waals surface area contributed by atoms with Crippen molar-refractivity contribution in [2.75, 3.05) is 0 Å². The molecular weight excluding hydrogens is 223 g/mol. The molecule has 2 rings (SSSR count). The fraction of sp³-hybridized carbons (Fsp3) is 0.467. The van der Waals surface area contributed by atoms with Crippen molar-refractivity contribution in [1.82, 2.24) is 0 Å². The van der Waals surface area contributed by atoms with Gasteiger partial charge in [-0.15, -0.1) is 0 Å². The van der Waals surface area contributed by atoms with Crippen LogP contribution >= 0.6 is 0 Å². The number of benzene rings is 1. The molecule has 18 heavy (non-hydrogen) atoms. The fourth-order valence-corrected chi connectivity index (χ4v) is 1.97. The van der Waals surface area contributed by atoms with E-state index in [0.29, 0.717) is 0 Å². The van der Waals surface area contributed by atoms with Gasteiger partial charge >= 0.3 is 7.12 Å². The van der Waals surface area contributed by atoms with Crippen LogP contribution in [0.3, 0.4) is 0 Å². The van der Waals surface area contributed by atoms with Crippen molar-refractivity contribution in [3.63, 3.8) is 0 Å². The Hall–Kier alpha value is -1.06. The van der Waals surface area contributed by atoms with E-state index >= 15 is 0 Å². The Morgan fingerprint density at radius 1 is 1.11 bits per heavy atom. The van der Waals surface area contributed by atoms with E-state index in [1.165, 1.54) is 5.56 Å². The van der Waals surface area contributed by atoms with Crippen molar-refractivity contribution in [3.05, 3.63) is 42.0 Å². The van der Waals surface area contributed by atoms with E-state index in [1.807, 2.05) is 12.1 Å². The Balaban J connectivity index is 2.23. The van der Waals surface area contributed by atoms with Crippen LogP contribution in [-0.4, -0.2) is 18.3 Å². The summed E-state index contributed by atoms with van der Waals surface area (Å²) < 4.78 is 12.0. The van der Waals surface area contributed by atoms with Gasteiger partial charge in [0.15, 0.2) is 0 Å². The van der Waals surface area contributed by atoms with E-state index in [0.717, 1.165) is 11.0 Å². The van der Waals surface area contributed by atoms with E-state index in [2.05, 4.69) is 53.3 Å². The molecule has 1 fully saturated rings. The highest BCUT2D eigenvalue weighted by molar-refractivity contribution is 6.68. The van der Waals surface area contributed by atoms with E-state index in [-0.39, 0.29) is 18.3 Å². The van der Waals surface area contributed by atoms with Gasteiger partial charge in [0, 0.05) is 0 Å². The lowest BCUT2D eigenvalue weighted by molar-refractivity contribution is 0.00578. The second-order valence-corrected chi connectivity index (χ2v) is 5.98. The Kier molecular flexibility index (Phi) is 3.16. The topological polar surface area (TPSA) is 18.5 Å². The molecule has 1 aromatic rings. The van der Waals surface area contributed by atoms with Crippen LogP contribution in [0.5, 0.6) is 0 Å². The normalized spacial score (nSPS) is 21.1. The van der Waals surface area contributed by atoms with Crippen molar-refractivity contribution >= 4 is 12.6 Å². The Bertz CT molecular complexity index is 461. The zero-order chi connectivity index (χ0) is 13.6. The average Bonchev–Trinajstić information content (AvgIpc) is 2.47. The van der Waals surface area contributed by atoms with Crippen molar-refractivity contribution in [2.45, 2.75) is 45.8 Å². The third-order valence-corrected chi connectivity index (χ3v) is 3.93. The van der Waals surface area contributed by atoms with E-state index in [1.54, 1.807) is 0 Å². The molecule has 96 valence electrons. The first-order valence-electron chi connectivity index (χ1n) is 6.34. The summed E-state index contributed by atoms with van der Waals surface area (Å²) in [5.74, 6) is 0. The minimum absolute atomic E-state index is 0.315. The zero-order valence-electron chi connectivity index (χ0n) is 11.9. The van der Waals surface area contributed by atoms with Crippen LogP contribution in [0.2, 0.25) is 0 Å². The largest absolute Gasteiger partial charge is 0.494 e. The molecule has 0 bridgehead atoms. The minimum atomic E-state index is -0.364. The maximum atomic E-state index is 6.00. The number of hydrogen-bond acceptors (Lipinski definition) is 2. The van der Waals surface area contributed by atoms with Crippen molar-refractivity contribution in [1.29, 1.82) is 0 Å². The highest BCUT2D eigenvalue weighted by Gasteiger charge is 2.52. The fourth-order valence-electron chi connectivity index (χ4n) is 1.97. The third-order valence-electron chi connectivity index (χ3n) is 3.93. The molecule has 0 aromatic heterocycles. The molecular formula is C15H21BO2. The van der Waals surface area contributed by atoms with Gasteiger partial charge in [0.05, 0.1) is 11.2 Å². The van der Waals surface area contributed by atoms with Crippen LogP contribution in [0, 0.1) is 6.92 Å². The predicted octanol–water partition coefficient (Wildman–Crippen LogP) is 3.64. The van der Waals surface area contributed by atoms with Crippen LogP contribution in [0.15, 0.2) is 30.8 Å². The summed E-state index contributed by atoms with van der Waals surface area (Å²) in [5.41, 5.74) is 2.55. The number of rotatable bonds is 2. The van der Waals surface area contributed by atoms with Crippen LogP contribution in [0.1, 0.15) is 38.8 Å². The van der Waals surface area contributed by atoms with Crippen molar-refractivity contribution in [3.8, 4) is 0 Å². The summed E-state index contributed by atoms with van der Waals surface area (Å²) in [6, 6.07) is 8.25. The lowest BCUT2D eigenvalue weighted by atomic mass is 9.75. The Morgan fingerprint density at radius 3 is 2.17 bits per heavy atom. The summed E-state index contributed by atoms with van der Waals surface area (Å²) in [6.07, 6.45) is 0. The van der Waals surface area contributed by atoms with E-state index < -0.39 is 0 Å². The molecule has 0 saturated carbocycles. The quantitative estimate of drug-likeness (QED) is 0.739. The molecule has 1 heterocycles. The average molecular weight is 244 g/mol. The van der Waals surface area contributed by atoms with Crippen LogP contribution in [0.4, 0.5) is 0 Å². The van der Waals surface area contributed by atoms with Gasteiger partial charge in [0.25, 0.3) is 0 Å². The van der Waals surface area contributed by atoms with Gasteiger partial charge in [-0.1, -0.05) is 36.4 Å². The smallest absolute Gasteiger partial charge is 0.399 e. The molecule has 1 aromatic carbocycles. The minimum Gasteiger partial charge on any atom is -0.399 e. The standard InChI is InChI=1S/C15H21BO2/c1-11-8-7-9-13(10-11)12(2)16-17-14(3,4)15(5,6)18-16/h7-10H,2H2,1,3-6H3. The van der Waals surface area contributed by atoms with Crippen molar-refractivity contribution in [2.24, 2.45) is 0 Å². The Morgan fingerprint density at radius 2 is 1.67 bits per heavy atom. The summed E-state index contributed by atoms with van der Waals surface area (Å²) in [5, 5.41) is 0. The first kappa shape index (κ1) is 13.4. The second kappa shape index (κ2) is 4.25. The summed E-state index contributed by atoms with van der Waals surface area (Å²) >= 11 is 0. The van der Waals surface area contributed by atoms with Crippen LogP contribution < -0.4 is 0 Å². The second-order valence-electron chi connectivity index (χ2n) is 5.98. The SMILES string of the molecule is C=C(B1OC(C)(C)C(C)(C)O1)c1cccc(C)c1. The summed E-state index contributed by atoms with van der Waals surface area (Å²) in [6.45, 7) is 14.4. The van der Waals surface area contributed by atoms with Gasteiger partial charge in [0.1, 0.15) is 0 Å². The number of hydrogen-bond donors (Lipinski definition) is 0. The van der Waals surface area contributed by atoms with Gasteiger partial charge in [-0.3, -0.25) is 0 Å². The molecule has 0 spiro atoms. The summed E-state index contributed by atoms with van der Waals surface area (Å²) in [7, 11) is -0.364.